The minimum atomic E-state index is -2.99. The first-order valence-corrected chi connectivity index (χ1v) is 8.26. The van der Waals surface area contributed by atoms with Crippen LogP contribution in [0.25, 0.3) is 11.1 Å². The second-order valence-corrected chi connectivity index (χ2v) is 6.36. The summed E-state index contributed by atoms with van der Waals surface area (Å²) in [5, 5.41) is 6.56. The van der Waals surface area contributed by atoms with Gasteiger partial charge in [-0.2, -0.15) is 5.10 Å². The third-order valence-electron chi connectivity index (χ3n) is 3.70. The largest absolute Gasteiger partial charge is 0.321 e. The highest BCUT2D eigenvalue weighted by Crippen LogP contribution is 2.34. The second kappa shape index (κ2) is 7.62. The van der Waals surface area contributed by atoms with Gasteiger partial charge >= 0.3 is 0 Å². The molecule has 1 amide bonds. The molecule has 140 valence electrons. The van der Waals surface area contributed by atoms with E-state index in [9.17, 15) is 18.0 Å². The molecule has 0 saturated heterocycles. The summed E-state index contributed by atoms with van der Waals surface area (Å²) in [6, 6.07) is 8.21. The number of aryl methyl sites for hydroxylation is 1. The summed E-state index contributed by atoms with van der Waals surface area (Å²) in [6.45, 7) is 0. The molecule has 27 heavy (non-hydrogen) atoms. The number of amides is 1. The van der Waals surface area contributed by atoms with Gasteiger partial charge in [-0.15, -0.1) is 0 Å². The van der Waals surface area contributed by atoms with Crippen LogP contribution in [0.4, 0.5) is 18.9 Å². The fourth-order valence-electron chi connectivity index (χ4n) is 2.49. The molecule has 4 nitrogen and oxygen atoms in total. The van der Waals surface area contributed by atoms with E-state index in [1.165, 1.54) is 24.3 Å². The van der Waals surface area contributed by atoms with Gasteiger partial charge in [0.15, 0.2) is 0 Å². The summed E-state index contributed by atoms with van der Waals surface area (Å²) in [7, 11) is -0.419. The van der Waals surface area contributed by atoms with Crippen molar-refractivity contribution in [2.75, 3.05) is 5.32 Å². The zero-order valence-corrected chi connectivity index (χ0v) is 15.0. The molecule has 0 spiro atoms. The SMILES string of the molecule is [2H]Cn1cc(C(=O)Nc2ccc(F)cc2-c2ccc(Cl)c(Cl)c2)c(C(F)F)n1. The molecule has 0 fully saturated rings. The van der Waals surface area contributed by atoms with Crippen molar-refractivity contribution in [1.29, 1.82) is 0 Å². The summed E-state index contributed by atoms with van der Waals surface area (Å²) in [5.74, 6) is -1.42. The molecule has 0 aliphatic carbocycles. The number of rotatable bonds is 4. The van der Waals surface area contributed by atoms with Crippen LogP contribution in [0.15, 0.2) is 42.6 Å². The number of hydrogen-bond acceptors (Lipinski definition) is 2. The molecule has 3 aromatic rings. The number of nitrogens with zero attached hydrogens (tertiary/aromatic N) is 2. The van der Waals surface area contributed by atoms with E-state index in [0.717, 1.165) is 16.9 Å². The van der Waals surface area contributed by atoms with Crippen LogP contribution in [-0.4, -0.2) is 15.7 Å². The second-order valence-electron chi connectivity index (χ2n) is 5.54. The predicted octanol–water partition coefficient (Wildman–Crippen LogP) is 5.72. The van der Waals surface area contributed by atoms with Crippen molar-refractivity contribution >= 4 is 34.8 Å². The zero-order valence-electron chi connectivity index (χ0n) is 14.5. The third kappa shape index (κ3) is 4.09. The van der Waals surface area contributed by atoms with Gasteiger partial charge in [0.25, 0.3) is 12.3 Å². The van der Waals surface area contributed by atoms with E-state index in [0.29, 0.717) is 16.1 Å². The fraction of sp³-hybridized carbons (Fsp3) is 0.111. The van der Waals surface area contributed by atoms with Crippen LogP contribution in [0.5, 0.6) is 0 Å². The number of benzene rings is 2. The Kier molecular flexibility index (Phi) is 5.05. The molecule has 2 aromatic carbocycles. The van der Waals surface area contributed by atoms with Crippen LogP contribution in [0.2, 0.25) is 10.0 Å². The lowest BCUT2D eigenvalue weighted by Gasteiger charge is -2.12. The average molecular weight is 415 g/mol. The topological polar surface area (TPSA) is 46.9 Å². The Hall–Kier alpha value is -2.51. The Bertz CT molecular complexity index is 1040. The molecule has 0 radical (unpaired) electrons. The lowest BCUT2D eigenvalue weighted by atomic mass is 10.0. The molecule has 0 aliphatic heterocycles. The van der Waals surface area contributed by atoms with Crippen LogP contribution in [0.1, 0.15) is 23.8 Å². The monoisotopic (exact) mass is 414 g/mol. The van der Waals surface area contributed by atoms with Crippen molar-refractivity contribution in [3.05, 3.63) is 69.7 Å². The Labute approximate surface area is 163 Å². The molecule has 0 aliphatic rings. The Morgan fingerprint density at radius 1 is 1.22 bits per heavy atom. The number of alkyl halides is 2. The van der Waals surface area contributed by atoms with Gasteiger partial charge in [0, 0.05) is 25.8 Å². The average Bonchev–Trinajstić information content (AvgIpc) is 3.10. The Morgan fingerprint density at radius 2 is 2.00 bits per heavy atom. The van der Waals surface area contributed by atoms with Crippen LogP contribution >= 0.6 is 23.2 Å². The van der Waals surface area contributed by atoms with Gasteiger partial charge in [0.2, 0.25) is 0 Å². The Morgan fingerprint density at radius 3 is 2.67 bits per heavy atom. The summed E-state index contributed by atoms with van der Waals surface area (Å²) in [6.07, 6.45) is -1.93. The third-order valence-corrected chi connectivity index (χ3v) is 4.44. The normalized spacial score (nSPS) is 11.6. The molecule has 0 atom stereocenters. The maximum absolute atomic E-state index is 13.8. The number of carbonyl (C=O) groups is 1. The number of aromatic nitrogens is 2. The summed E-state index contributed by atoms with van der Waals surface area (Å²) < 4.78 is 48.3. The highest BCUT2D eigenvalue weighted by atomic mass is 35.5. The van der Waals surface area contributed by atoms with Gasteiger partial charge in [-0.3, -0.25) is 9.48 Å². The molecule has 9 heteroatoms. The first-order valence-electron chi connectivity index (χ1n) is 8.22. The summed E-state index contributed by atoms with van der Waals surface area (Å²) in [4.78, 5) is 12.6. The van der Waals surface area contributed by atoms with Gasteiger partial charge in [0.1, 0.15) is 11.5 Å². The number of anilines is 1. The number of hydrogen-bond donors (Lipinski definition) is 1. The first kappa shape index (κ1) is 17.9. The quantitative estimate of drug-likeness (QED) is 0.592. The van der Waals surface area contributed by atoms with Crippen LogP contribution < -0.4 is 5.32 Å². The van der Waals surface area contributed by atoms with Crippen molar-refractivity contribution in [2.24, 2.45) is 7.02 Å². The van der Waals surface area contributed by atoms with Gasteiger partial charge in [0.05, 0.1) is 15.6 Å². The lowest BCUT2D eigenvalue weighted by Crippen LogP contribution is -2.14. The van der Waals surface area contributed by atoms with Crippen LogP contribution in [0.3, 0.4) is 0 Å². The number of nitrogens with one attached hydrogen (secondary N) is 1. The van der Waals surface area contributed by atoms with Crippen molar-refractivity contribution in [2.45, 2.75) is 6.43 Å². The van der Waals surface area contributed by atoms with Crippen molar-refractivity contribution in [3.8, 4) is 11.1 Å². The standard InChI is InChI=1S/C18H12Cl2F3N3O/c1-26-8-12(16(25-26)17(22)23)18(27)24-15-5-3-10(21)7-11(15)9-2-4-13(19)14(20)6-9/h2-8,17H,1H3,(H,24,27)/i1D. The van der Waals surface area contributed by atoms with Crippen molar-refractivity contribution < 1.29 is 19.3 Å². The van der Waals surface area contributed by atoms with Crippen molar-refractivity contribution in [3.63, 3.8) is 0 Å². The van der Waals surface area contributed by atoms with Gasteiger partial charge < -0.3 is 5.32 Å². The van der Waals surface area contributed by atoms with Crippen LogP contribution in [0, 0.1) is 5.82 Å². The predicted molar refractivity (Wildman–Crippen MR) is 98.0 cm³/mol. The van der Waals surface area contributed by atoms with Crippen LogP contribution in [-0.2, 0) is 7.02 Å². The molecule has 1 N–H and O–H groups in total. The Balaban J connectivity index is 2.00. The maximum atomic E-state index is 13.8. The highest BCUT2D eigenvalue weighted by molar-refractivity contribution is 6.42. The molecule has 1 heterocycles. The fourth-order valence-corrected chi connectivity index (χ4v) is 2.79. The molecule has 0 bridgehead atoms. The first-order chi connectivity index (χ1) is 13.3. The lowest BCUT2D eigenvalue weighted by molar-refractivity contribution is 0.101. The van der Waals surface area contributed by atoms with Gasteiger partial charge in [-0.1, -0.05) is 29.3 Å². The minimum absolute atomic E-state index is 0.184. The van der Waals surface area contributed by atoms with Crippen molar-refractivity contribution in [1.82, 2.24) is 9.78 Å². The number of halogens is 5. The minimum Gasteiger partial charge on any atom is -0.321 e. The highest BCUT2D eigenvalue weighted by Gasteiger charge is 2.23. The zero-order chi connectivity index (χ0) is 20.4. The van der Waals surface area contributed by atoms with Gasteiger partial charge in [-0.25, -0.2) is 13.2 Å². The molecule has 0 unspecified atom stereocenters. The van der Waals surface area contributed by atoms with E-state index in [1.54, 1.807) is 6.07 Å². The molecular formula is C18H12Cl2F3N3O. The van der Waals surface area contributed by atoms with E-state index >= 15 is 0 Å². The molecule has 1 aromatic heterocycles. The smallest absolute Gasteiger partial charge is 0.282 e. The van der Waals surface area contributed by atoms with E-state index < -0.39 is 30.9 Å². The van der Waals surface area contributed by atoms with E-state index in [1.807, 2.05) is 0 Å². The molecular weight excluding hydrogens is 402 g/mol. The van der Waals surface area contributed by atoms with Gasteiger partial charge in [-0.05, 0) is 35.9 Å². The maximum Gasteiger partial charge on any atom is 0.282 e. The number of carbonyl (C=O) groups excluding carboxylic acids is 1. The summed E-state index contributed by atoms with van der Waals surface area (Å²) in [5.41, 5.74) is -0.156. The summed E-state index contributed by atoms with van der Waals surface area (Å²) >= 11 is 11.9. The molecule has 0 saturated carbocycles. The molecule has 3 rings (SSSR count). The van der Waals surface area contributed by atoms with E-state index in [2.05, 4.69) is 10.4 Å². The van der Waals surface area contributed by atoms with E-state index in [4.69, 9.17) is 24.6 Å². The van der Waals surface area contributed by atoms with E-state index in [-0.39, 0.29) is 16.3 Å².